The van der Waals surface area contributed by atoms with Crippen LogP contribution in [0.1, 0.15) is 45.4 Å². The number of carbonyl (C=O) groups excluding carboxylic acids is 2. The highest BCUT2D eigenvalue weighted by Crippen LogP contribution is 2.26. The summed E-state index contributed by atoms with van der Waals surface area (Å²) in [4.78, 5) is 22.1. The number of esters is 2. The van der Waals surface area contributed by atoms with Crippen molar-refractivity contribution in [2.75, 3.05) is 0 Å². The van der Waals surface area contributed by atoms with Gasteiger partial charge in [0.05, 0.1) is 12.3 Å². The number of unbranched alkanes of at least 4 members (excludes halogenated alkanes) is 3. The van der Waals surface area contributed by atoms with Crippen LogP contribution in [0.3, 0.4) is 0 Å². The van der Waals surface area contributed by atoms with Crippen molar-refractivity contribution in [3.8, 4) is 0 Å². The van der Waals surface area contributed by atoms with Crippen LogP contribution in [0.4, 0.5) is 0 Å². The van der Waals surface area contributed by atoms with Gasteiger partial charge in [-0.15, -0.1) is 0 Å². The summed E-state index contributed by atoms with van der Waals surface area (Å²) in [5.74, 6) is -1.21. The molecule has 0 bridgehead atoms. The van der Waals surface area contributed by atoms with Crippen LogP contribution in [0.15, 0.2) is 12.2 Å². The molecule has 1 fully saturated rings. The Bertz CT molecular complexity index is 268. The lowest BCUT2D eigenvalue weighted by Crippen LogP contribution is -2.09. The maximum Gasteiger partial charge on any atom is 0.321 e. The quantitative estimate of drug-likeness (QED) is 0.293. The van der Waals surface area contributed by atoms with Crippen LogP contribution < -0.4 is 0 Å². The minimum atomic E-state index is -0.417. The van der Waals surface area contributed by atoms with Crippen molar-refractivity contribution in [1.82, 2.24) is 0 Å². The molecule has 1 saturated heterocycles. The third-order valence-corrected chi connectivity index (χ3v) is 2.71. The zero-order valence-corrected chi connectivity index (χ0v) is 9.25. The monoisotopic (exact) mass is 210 g/mol. The Morgan fingerprint density at radius 1 is 1.40 bits per heavy atom. The summed E-state index contributed by atoms with van der Waals surface area (Å²) in [6.07, 6.45) is 5.62. The van der Waals surface area contributed by atoms with Crippen molar-refractivity contribution in [2.45, 2.75) is 45.4 Å². The first kappa shape index (κ1) is 12.0. The van der Waals surface area contributed by atoms with Crippen molar-refractivity contribution in [3.05, 3.63) is 12.2 Å². The maximum absolute atomic E-state index is 11.2. The van der Waals surface area contributed by atoms with Gasteiger partial charge < -0.3 is 4.74 Å². The van der Waals surface area contributed by atoms with Crippen molar-refractivity contribution >= 4 is 11.9 Å². The number of hydrogen-bond acceptors (Lipinski definition) is 3. The first-order chi connectivity index (χ1) is 7.15. The van der Waals surface area contributed by atoms with Gasteiger partial charge in [-0.05, 0) is 12.8 Å². The highest BCUT2D eigenvalue weighted by Gasteiger charge is 2.34. The maximum atomic E-state index is 11.2. The van der Waals surface area contributed by atoms with Gasteiger partial charge in [-0.2, -0.15) is 0 Å². The van der Waals surface area contributed by atoms with E-state index in [1.165, 1.54) is 12.8 Å². The molecule has 1 aliphatic heterocycles. The molecule has 0 aromatic heterocycles. The van der Waals surface area contributed by atoms with E-state index in [2.05, 4.69) is 18.2 Å². The number of rotatable bonds is 6. The predicted octanol–water partition coefficient (Wildman–Crippen LogP) is 2.60. The summed E-state index contributed by atoms with van der Waals surface area (Å²) in [5.41, 5.74) is 0.849. The van der Waals surface area contributed by atoms with Crippen LogP contribution in [-0.2, 0) is 14.3 Å². The summed E-state index contributed by atoms with van der Waals surface area (Å²) >= 11 is 0. The molecule has 1 atom stereocenters. The fourth-order valence-corrected chi connectivity index (χ4v) is 1.74. The fraction of sp³-hybridized carbons (Fsp3) is 0.667. The molecule has 0 spiro atoms. The topological polar surface area (TPSA) is 43.4 Å². The first-order valence-corrected chi connectivity index (χ1v) is 5.57. The first-order valence-electron chi connectivity index (χ1n) is 5.57. The van der Waals surface area contributed by atoms with Crippen LogP contribution in [0.5, 0.6) is 0 Å². The third kappa shape index (κ3) is 3.50. The highest BCUT2D eigenvalue weighted by molar-refractivity contribution is 5.96. The van der Waals surface area contributed by atoms with E-state index in [0.29, 0.717) is 0 Å². The zero-order valence-electron chi connectivity index (χ0n) is 9.25. The smallest absolute Gasteiger partial charge is 0.321 e. The molecule has 1 rings (SSSR count). The van der Waals surface area contributed by atoms with Crippen LogP contribution in [-0.4, -0.2) is 11.9 Å². The van der Waals surface area contributed by atoms with E-state index >= 15 is 0 Å². The number of hydrogen-bond donors (Lipinski definition) is 0. The van der Waals surface area contributed by atoms with Crippen molar-refractivity contribution < 1.29 is 14.3 Å². The number of carbonyl (C=O) groups is 2. The Kier molecular flexibility index (Phi) is 4.53. The van der Waals surface area contributed by atoms with Gasteiger partial charge in [-0.3, -0.25) is 9.59 Å². The molecule has 84 valence electrons. The van der Waals surface area contributed by atoms with Crippen molar-refractivity contribution in [3.63, 3.8) is 0 Å². The molecule has 15 heavy (non-hydrogen) atoms. The highest BCUT2D eigenvalue weighted by atomic mass is 16.6. The van der Waals surface area contributed by atoms with Crippen LogP contribution in [0.2, 0.25) is 0 Å². The molecule has 0 amide bonds. The minimum Gasteiger partial charge on any atom is -0.393 e. The molecule has 0 saturated carbocycles. The summed E-state index contributed by atoms with van der Waals surface area (Å²) in [7, 11) is 0. The van der Waals surface area contributed by atoms with Crippen molar-refractivity contribution in [2.24, 2.45) is 5.92 Å². The fourth-order valence-electron chi connectivity index (χ4n) is 1.74. The molecular formula is C12H18O3. The van der Waals surface area contributed by atoms with Crippen molar-refractivity contribution in [1.29, 1.82) is 0 Å². The zero-order chi connectivity index (χ0) is 11.3. The third-order valence-electron chi connectivity index (χ3n) is 2.71. The average Bonchev–Trinajstić information content (AvgIpc) is 2.52. The van der Waals surface area contributed by atoms with E-state index in [1.54, 1.807) is 0 Å². The molecule has 0 aromatic rings. The largest absolute Gasteiger partial charge is 0.393 e. The molecule has 1 heterocycles. The molecule has 0 aromatic carbocycles. The predicted molar refractivity (Wildman–Crippen MR) is 57.1 cm³/mol. The second kappa shape index (κ2) is 5.69. The summed E-state index contributed by atoms with van der Waals surface area (Å²) in [6, 6.07) is 0. The lowest BCUT2D eigenvalue weighted by Gasteiger charge is -2.08. The molecule has 3 heteroatoms. The van der Waals surface area contributed by atoms with Gasteiger partial charge in [0.2, 0.25) is 0 Å². The number of ether oxygens (including phenoxy) is 1. The Labute approximate surface area is 90.5 Å². The molecule has 0 aliphatic carbocycles. The Hall–Kier alpha value is -1.12. The minimum absolute atomic E-state index is 0.186. The summed E-state index contributed by atoms with van der Waals surface area (Å²) < 4.78 is 4.48. The Morgan fingerprint density at radius 2 is 2.13 bits per heavy atom. The van der Waals surface area contributed by atoms with E-state index in [0.717, 1.165) is 24.8 Å². The summed E-state index contributed by atoms with van der Waals surface area (Å²) in [6.45, 7) is 6.02. The van der Waals surface area contributed by atoms with E-state index in [1.807, 2.05) is 0 Å². The van der Waals surface area contributed by atoms with Crippen LogP contribution >= 0.6 is 0 Å². The lowest BCUT2D eigenvalue weighted by molar-refractivity contribution is -0.152. The van der Waals surface area contributed by atoms with Gasteiger partial charge in [0, 0.05) is 0 Å². The SMILES string of the molecule is C=C(CCCCCC)C1CC(=O)OC1=O. The van der Waals surface area contributed by atoms with E-state index in [-0.39, 0.29) is 12.3 Å². The van der Waals surface area contributed by atoms with E-state index in [4.69, 9.17) is 0 Å². The van der Waals surface area contributed by atoms with Gasteiger partial charge >= 0.3 is 11.9 Å². The molecular weight excluding hydrogens is 192 g/mol. The number of cyclic esters (lactones) is 2. The Balaban J connectivity index is 2.28. The van der Waals surface area contributed by atoms with Gasteiger partial charge in [-0.25, -0.2) is 0 Å². The van der Waals surface area contributed by atoms with Gasteiger partial charge in [0.1, 0.15) is 0 Å². The standard InChI is InChI=1S/C12H18O3/c1-3-4-5-6-7-9(2)10-8-11(13)15-12(10)14/h10H,2-8H2,1H3. The van der Waals surface area contributed by atoms with Gasteiger partial charge in [-0.1, -0.05) is 38.3 Å². The average molecular weight is 210 g/mol. The molecule has 0 N–H and O–H groups in total. The molecule has 1 unspecified atom stereocenters. The summed E-state index contributed by atoms with van der Waals surface area (Å²) in [5, 5.41) is 0. The Morgan fingerprint density at radius 3 is 2.67 bits per heavy atom. The second-order valence-corrected chi connectivity index (χ2v) is 4.02. The second-order valence-electron chi connectivity index (χ2n) is 4.02. The molecule has 1 aliphatic rings. The molecule has 3 nitrogen and oxygen atoms in total. The van der Waals surface area contributed by atoms with Crippen LogP contribution in [0.25, 0.3) is 0 Å². The molecule has 0 radical (unpaired) electrons. The van der Waals surface area contributed by atoms with E-state index < -0.39 is 11.9 Å². The normalized spacial score (nSPS) is 20.5. The lowest BCUT2D eigenvalue weighted by atomic mass is 9.94. The van der Waals surface area contributed by atoms with Crippen LogP contribution in [0, 0.1) is 5.92 Å². The van der Waals surface area contributed by atoms with Gasteiger partial charge in [0.15, 0.2) is 0 Å². The van der Waals surface area contributed by atoms with Gasteiger partial charge in [0.25, 0.3) is 0 Å². The van der Waals surface area contributed by atoms with E-state index in [9.17, 15) is 9.59 Å².